The van der Waals surface area contributed by atoms with E-state index in [2.05, 4.69) is 0 Å². The monoisotopic (exact) mass is 325 g/mol. The summed E-state index contributed by atoms with van der Waals surface area (Å²) in [5, 5.41) is 9.10. The SMILES string of the molecule is O=C(O)C1(NS(=O)(=O)c2c(F)cc(F)cc2F)CCOC1. The summed E-state index contributed by atoms with van der Waals surface area (Å²) in [5.41, 5.74) is -2.01. The van der Waals surface area contributed by atoms with E-state index in [9.17, 15) is 26.4 Å². The Bertz CT molecular complexity index is 662. The van der Waals surface area contributed by atoms with Gasteiger partial charge in [-0.3, -0.25) is 4.79 Å². The number of sulfonamides is 1. The summed E-state index contributed by atoms with van der Waals surface area (Å²) in [7, 11) is -4.85. The van der Waals surface area contributed by atoms with Gasteiger partial charge >= 0.3 is 5.97 Å². The van der Waals surface area contributed by atoms with Crippen LogP contribution >= 0.6 is 0 Å². The Hall–Kier alpha value is -1.65. The van der Waals surface area contributed by atoms with Gasteiger partial charge in [0.25, 0.3) is 0 Å². The van der Waals surface area contributed by atoms with Crippen LogP contribution < -0.4 is 4.72 Å². The highest BCUT2D eigenvalue weighted by molar-refractivity contribution is 7.89. The summed E-state index contributed by atoms with van der Waals surface area (Å²) in [5.74, 6) is -6.13. The fourth-order valence-electron chi connectivity index (χ4n) is 1.95. The van der Waals surface area contributed by atoms with E-state index in [-0.39, 0.29) is 25.2 Å². The number of hydrogen-bond donors (Lipinski definition) is 2. The predicted octanol–water partition coefficient (Wildman–Crippen LogP) is 0.626. The second-order valence-electron chi connectivity index (χ2n) is 4.49. The number of aliphatic carboxylic acids is 1. The Morgan fingerprint density at radius 3 is 2.29 bits per heavy atom. The maximum absolute atomic E-state index is 13.5. The van der Waals surface area contributed by atoms with Crippen LogP contribution in [-0.2, 0) is 19.6 Å². The summed E-state index contributed by atoms with van der Waals surface area (Å²) < 4.78 is 70.4. The molecule has 1 fully saturated rings. The van der Waals surface area contributed by atoms with Crippen molar-refractivity contribution in [3.63, 3.8) is 0 Å². The van der Waals surface area contributed by atoms with Crippen molar-refractivity contribution in [2.75, 3.05) is 13.2 Å². The first-order valence-electron chi connectivity index (χ1n) is 5.68. The summed E-state index contributed by atoms with van der Waals surface area (Å²) in [6.45, 7) is -0.505. The zero-order valence-corrected chi connectivity index (χ0v) is 11.2. The Labute approximate surface area is 117 Å². The Balaban J connectivity index is 2.46. The molecule has 1 atom stereocenters. The lowest BCUT2D eigenvalue weighted by molar-refractivity contribution is -0.144. The molecule has 116 valence electrons. The third-order valence-corrected chi connectivity index (χ3v) is 4.58. The zero-order valence-electron chi connectivity index (χ0n) is 10.4. The van der Waals surface area contributed by atoms with E-state index in [1.54, 1.807) is 4.72 Å². The third kappa shape index (κ3) is 2.87. The number of hydrogen-bond acceptors (Lipinski definition) is 4. The third-order valence-electron chi connectivity index (χ3n) is 2.99. The first-order chi connectivity index (χ1) is 9.68. The molecule has 1 aliphatic heterocycles. The van der Waals surface area contributed by atoms with Crippen LogP contribution in [0.4, 0.5) is 13.2 Å². The van der Waals surface area contributed by atoms with E-state index >= 15 is 0 Å². The molecule has 0 aliphatic carbocycles. The fourth-order valence-corrected chi connectivity index (χ4v) is 3.45. The molecule has 1 aliphatic rings. The number of benzene rings is 1. The molecule has 6 nitrogen and oxygen atoms in total. The van der Waals surface area contributed by atoms with Crippen LogP contribution in [0.1, 0.15) is 6.42 Å². The molecule has 10 heteroatoms. The van der Waals surface area contributed by atoms with Crippen molar-refractivity contribution in [2.24, 2.45) is 0 Å². The summed E-state index contributed by atoms with van der Waals surface area (Å²) in [6, 6.07) is 0.381. The fraction of sp³-hybridized carbons (Fsp3) is 0.364. The van der Waals surface area contributed by atoms with Gasteiger partial charge in [-0.1, -0.05) is 0 Å². The Kier molecular flexibility index (Phi) is 3.95. The van der Waals surface area contributed by atoms with Gasteiger partial charge < -0.3 is 9.84 Å². The van der Waals surface area contributed by atoms with Crippen molar-refractivity contribution in [2.45, 2.75) is 16.9 Å². The number of nitrogens with one attached hydrogen (secondary N) is 1. The van der Waals surface area contributed by atoms with Gasteiger partial charge in [0.15, 0.2) is 10.4 Å². The van der Waals surface area contributed by atoms with Gasteiger partial charge in [0, 0.05) is 25.2 Å². The van der Waals surface area contributed by atoms with Gasteiger partial charge in [-0.25, -0.2) is 21.6 Å². The largest absolute Gasteiger partial charge is 0.480 e. The maximum atomic E-state index is 13.5. The minimum atomic E-state index is -4.85. The van der Waals surface area contributed by atoms with E-state index in [0.29, 0.717) is 0 Å². The van der Waals surface area contributed by atoms with Crippen LogP contribution in [-0.4, -0.2) is 38.2 Å². The van der Waals surface area contributed by atoms with Gasteiger partial charge in [0.05, 0.1) is 6.61 Å². The normalized spacial score (nSPS) is 22.4. The zero-order chi connectivity index (χ0) is 15.8. The first-order valence-corrected chi connectivity index (χ1v) is 7.16. The summed E-state index contributed by atoms with van der Waals surface area (Å²) in [6.07, 6.45) is -0.202. The van der Waals surface area contributed by atoms with Crippen molar-refractivity contribution in [1.82, 2.24) is 4.72 Å². The molecule has 0 aromatic heterocycles. The minimum absolute atomic E-state index is 0.0246. The van der Waals surface area contributed by atoms with Gasteiger partial charge in [0.1, 0.15) is 17.5 Å². The molecule has 2 N–H and O–H groups in total. The lowest BCUT2D eigenvalue weighted by atomic mass is 10.0. The van der Waals surface area contributed by atoms with Crippen LogP contribution in [0, 0.1) is 17.5 Å². The molecule has 0 spiro atoms. The molecule has 1 heterocycles. The predicted molar refractivity (Wildman–Crippen MR) is 62.4 cm³/mol. The van der Waals surface area contributed by atoms with E-state index in [4.69, 9.17) is 9.84 Å². The molecular formula is C11H10F3NO5S. The lowest BCUT2D eigenvalue weighted by Gasteiger charge is -2.23. The number of rotatable bonds is 4. The molecule has 1 aromatic carbocycles. The maximum Gasteiger partial charge on any atom is 0.327 e. The van der Waals surface area contributed by atoms with Crippen molar-refractivity contribution < 1.29 is 36.2 Å². The number of carboxylic acids is 1. The van der Waals surface area contributed by atoms with Gasteiger partial charge in [0.2, 0.25) is 10.0 Å². The second kappa shape index (κ2) is 5.28. The smallest absolute Gasteiger partial charge is 0.327 e. The van der Waals surface area contributed by atoms with Crippen molar-refractivity contribution in [3.05, 3.63) is 29.6 Å². The van der Waals surface area contributed by atoms with E-state index in [1.807, 2.05) is 0 Å². The number of ether oxygens (including phenoxy) is 1. The molecule has 21 heavy (non-hydrogen) atoms. The number of carbonyl (C=O) groups is 1. The second-order valence-corrected chi connectivity index (χ2v) is 6.11. The molecule has 1 saturated heterocycles. The minimum Gasteiger partial charge on any atom is -0.480 e. The summed E-state index contributed by atoms with van der Waals surface area (Å²) in [4.78, 5) is 9.77. The molecule has 1 unspecified atom stereocenters. The Morgan fingerprint density at radius 1 is 1.29 bits per heavy atom. The summed E-state index contributed by atoms with van der Waals surface area (Å²) >= 11 is 0. The molecule has 0 amide bonds. The molecule has 0 saturated carbocycles. The average Bonchev–Trinajstić information content (AvgIpc) is 2.75. The van der Waals surface area contributed by atoms with E-state index in [0.717, 1.165) is 0 Å². The standard InChI is InChI=1S/C11H10F3NO5S/c12-6-3-7(13)9(8(14)4-6)21(18,19)15-11(10(16)17)1-2-20-5-11/h3-4,15H,1-2,5H2,(H,16,17). The van der Waals surface area contributed by atoms with Gasteiger partial charge in [-0.15, -0.1) is 0 Å². The molecule has 0 bridgehead atoms. The van der Waals surface area contributed by atoms with Gasteiger partial charge in [-0.05, 0) is 0 Å². The van der Waals surface area contributed by atoms with Crippen molar-refractivity contribution in [1.29, 1.82) is 0 Å². The van der Waals surface area contributed by atoms with E-state index < -0.39 is 50.5 Å². The van der Waals surface area contributed by atoms with Crippen LogP contribution in [0.2, 0.25) is 0 Å². The molecule has 0 radical (unpaired) electrons. The lowest BCUT2D eigenvalue weighted by Crippen LogP contribution is -2.55. The number of carboxylic acid groups (broad SMARTS) is 1. The molecular weight excluding hydrogens is 315 g/mol. The number of halogens is 3. The van der Waals surface area contributed by atoms with E-state index in [1.165, 1.54) is 0 Å². The highest BCUT2D eigenvalue weighted by Crippen LogP contribution is 2.25. The first kappa shape index (κ1) is 15.7. The van der Waals surface area contributed by atoms with Crippen molar-refractivity contribution in [3.8, 4) is 0 Å². The highest BCUT2D eigenvalue weighted by atomic mass is 32.2. The average molecular weight is 325 g/mol. The topological polar surface area (TPSA) is 92.7 Å². The quantitative estimate of drug-likeness (QED) is 0.847. The van der Waals surface area contributed by atoms with Crippen LogP contribution in [0.5, 0.6) is 0 Å². The van der Waals surface area contributed by atoms with Crippen LogP contribution in [0.25, 0.3) is 0 Å². The van der Waals surface area contributed by atoms with Gasteiger partial charge in [-0.2, -0.15) is 4.72 Å². The van der Waals surface area contributed by atoms with Crippen LogP contribution in [0.3, 0.4) is 0 Å². The Morgan fingerprint density at radius 2 is 1.86 bits per heavy atom. The molecule has 2 rings (SSSR count). The molecule has 1 aromatic rings. The highest BCUT2D eigenvalue weighted by Gasteiger charge is 2.47. The van der Waals surface area contributed by atoms with Crippen molar-refractivity contribution >= 4 is 16.0 Å². The van der Waals surface area contributed by atoms with Crippen LogP contribution in [0.15, 0.2) is 17.0 Å².